The lowest BCUT2D eigenvalue weighted by Gasteiger charge is -2.08. The minimum atomic E-state index is 0.387. The molecule has 23 heavy (non-hydrogen) atoms. The molecule has 0 unspecified atom stereocenters. The number of aromatic nitrogens is 5. The lowest BCUT2D eigenvalue weighted by atomic mass is 10.2. The first-order chi connectivity index (χ1) is 11.3. The van der Waals surface area contributed by atoms with Gasteiger partial charge >= 0.3 is 0 Å². The van der Waals surface area contributed by atoms with Crippen molar-refractivity contribution >= 4 is 17.4 Å². The fraction of sp³-hybridized carbons (Fsp3) is 0.200. The van der Waals surface area contributed by atoms with E-state index in [1.807, 2.05) is 24.3 Å². The highest BCUT2D eigenvalue weighted by Gasteiger charge is 2.01. The molecule has 0 saturated heterocycles. The number of anilines is 1. The van der Waals surface area contributed by atoms with E-state index in [2.05, 4.69) is 25.6 Å². The summed E-state index contributed by atoms with van der Waals surface area (Å²) in [6.07, 6.45) is 6.67. The maximum absolute atomic E-state index is 5.95. The third-order valence-corrected chi connectivity index (χ3v) is 3.24. The number of hydrogen-bond donors (Lipinski definition) is 1. The summed E-state index contributed by atoms with van der Waals surface area (Å²) in [5.41, 5.74) is 0.976. The van der Waals surface area contributed by atoms with Crippen molar-refractivity contribution in [2.75, 3.05) is 11.9 Å². The Labute approximate surface area is 138 Å². The molecule has 1 aromatic carbocycles. The molecule has 0 atom stereocenters. The number of ether oxygens (including phenoxy) is 1. The van der Waals surface area contributed by atoms with Crippen molar-refractivity contribution in [2.24, 2.45) is 0 Å². The maximum atomic E-state index is 5.95. The molecule has 1 N–H and O–H groups in total. The van der Waals surface area contributed by atoms with Gasteiger partial charge in [0.1, 0.15) is 12.4 Å². The Morgan fingerprint density at radius 2 is 2.22 bits per heavy atom. The molecule has 0 bridgehead atoms. The first-order valence-electron chi connectivity index (χ1n) is 7.07. The van der Waals surface area contributed by atoms with Crippen LogP contribution in [0.15, 0.2) is 49.1 Å². The highest BCUT2D eigenvalue weighted by Crippen LogP contribution is 2.14. The van der Waals surface area contributed by atoms with E-state index in [-0.39, 0.29) is 0 Å². The minimum absolute atomic E-state index is 0.387. The van der Waals surface area contributed by atoms with Gasteiger partial charge in [0.05, 0.1) is 25.1 Å². The summed E-state index contributed by atoms with van der Waals surface area (Å²) in [6.45, 7) is 1.74. The molecule has 0 radical (unpaired) electrons. The summed E-state index contributed by atoms with van der Waals surface area (Å²) >= 11 is 5.95. The van der Waals surface area contributed by atoms with Crippen LogP contribution < -0.4 is 10.1 Å². The van der Waals surface area contributed by atoms with Crippen LogP contribution in [0, 0.1) is 0 Å². The number of nitrogens with zero attached hydrogens (tertiary/aromatic N) is 5. The average Bonchev–Trinajstić information content (AvgIpc) is 3.07. The second-order valence-corrected chi connectivity index (χ2v) is 5.19. The smallest absolute Gasteiger partial charge is 0.234 e. The standard InChI is InChI=1S/C15H15ClN6O/c16-13-3-1-2-12(8-13)11-23-15-10-17-9-14(20-15)18-4-6-22-7-5-19-21-22/h1-3,5,7-10H,4,6,11H2,(H,18,20). The van der Waals surface area contributed by atoms with Gasteiger partial charge in [0, 0.05) is 17.8 Å². The highest BCUT2D eigenvalue weighted by molar-refractivity contribution is 6.30. The summed E-state index contributed by atoms with van der Waals surface area (Å²) in [6, 6.07) is 7.51. The first kappa shape index (κ1) is 15.2. The molecule has 0 saturated carbocycles. The number of benzene rings is 1. The van der Waals surface area contributed by atoms with Crippen LogP contribution in [0.2, 0.25) is 5.02 Å². The van der Waals surface area contributed by atoms with Gasteiger partial charge in [-0.1, -0.05) is 28.9 Å². The summed E-state index contributed by atoms with van der Waals surface area (Å²) < 4.78 is 7.38. The molecule has 118 valence electrons. The molecule has 3 aromatic rings. The van der Waals surface area contributed by atoms with Crippen molar-refractivity contribution in [1.82, 2.24) is 25.0 Å². The van der Waals surface area contributed by atoms with Gasteiger partial charge in [-0.2, -0.15) is 4.98 Å². The second-order valence-electron chi connectivity index (χ2n) is 4.75. The van der Waals surface area contributed by atoms with Crippen LogP contribution in [0.3, 0.4) is 0 Å². The van der Waals surface area contributed by atoms with Crippen LogP contribution in [-0.2, 0) is 13.2 Å². The van der Waals surface area contributed by atoms with Crippen LogP contribution in [0.25, 0.3) is 0 Å². The number of hydrogen-bond acceptors (Lipinski definition) is 6. The molecule has 0 aliphatic carbocycles. The molecule has 2 aromatic heterocycles. The van der Waals surface area contributed by atoms with Crippen LogP contribution in [-0.4, -0.2) is 31.5 Å². The monoisotopic (exact) mass is 330 g/mol. The average molecular weight is 331 g/mol. The fourth-order valence-electron chi connectivity index (χ4n) is 1.94. The number of halogens is 1. The molecular formula is C15H15ClN6O. The Morgan fingerprint density at radius 3 is 3.04 bits per heavy atom. The van der Waals surface area contributed by atoms with Gasteiger partial charge in [-0.25, -0.2) is 0 Å². The van der Waals surface area contributed by atoms with E-state index in [0.717, 1.165) is 5.56 Å². The molecule has 2 heterocycles. The molecule has 8 heteroatoms. The predicted molar refractivity (Wildman–Crippen MR) is 86.3 cm³/mol. The number of rotatable bonds is 7. The Hall–Kier alpha value is -2.67. The Bertz CT molecular complexity index is 749. The van der Waals surface area contributed by atoms with Crippen molar-refractivity contribution in [3.05, 3.63) is 59.6 Å². The molecular weight excluding hydrogens is 316 g/mol. The largest absolute Gasteiger partial charge is 0.472 e. The van der Waals surface area contributed by atoms with Crippen molar-refractivity contribution in [3.63, 3.8) is 0 Å². The fourth-order valence-corrected chi connectivity index (χ4v) is 2.15. The second kappa shape index (κ2) is 7.55. The SMILES string of the molecule is Clc1cccc(COc2cncc(NCCn3ccnn3)n2)c1. The highest BCUT2D eigenvalue weighted by atomic mass is 35.5. The summed E-state index contributed by atoms with van der Waals surface area (Å²) in [5.74, 6) is 1.10. The molecule has 0 fully saturated rings. The van der Waals surface area contributed by atoms with E-state index in [1.165, 1.54) is 0 Å². The van der Waals surface area contributed by atoms with Gasteiger partial charge in [-0.05, 0) is 17.7 Å². The zero-order chi connectivity index (χ0) is 15.9. The lowest BCUT2D eigenvalue weighted by molar-refractivity contribution is 0.293. The van der Waals surface area contributed by atoms with E-state index in [9.17, 15) is 0 Å². The van der Waals surface area contributed by atoms with Crippen molar-refractivity contribution < 1.29 is 4.74 Å². The van der Waals surface area contributed by atoms with Crippen molar-refractivity contribution in [1.29, 1.82) is 0 Å². The Balaban J connectivity index is 1.52. The van der Waals surface area contributed by atoms with Crippen LogP contribution in [0.5, 0.6) is 5.88 Å². The Kier molecular flexibility index (Phi) is 5.00. The minimum Gasteiger partial charge on any atom is -0.472 e. The molecule has 0 aliphatic heterocycles. The normalized spacial score (nSPS) is 10.5. The summed E-state index contributed by atoms with van der Waals surface area (Å²) in [7, 11) is 0. The predicted octanol–water partition coefficient (Wildman–Crippen LogP) is 2.41. The molecule has 0 aliphatic rings. The van der Waals surface area contributed by atoms with E-state index in [0.29, 0.717) is 36.4 Å². The molecule has 0 amide bonds. The maximum Gasteiger partial charge on any atom is 0.234 e. The van der Waals surface area contributed by atoms with E-state index >= 15 is 0 Å². The quantitative estimate of drug-likeness (QED) is 0.716. The van der Waals surface area contributed by atoms with Gasteiger partial charge in [0.15, 0.2) is 0 Å². The Morgan fingerprint density at radius 1 is 1.26 bits per heavy atom. The van der Waals surface area contributed by atoms with E-state index in [4.69, 9.17) is 16.3 Å². The first-order valence-corrected chi connectivity index (χ1v) is 7.45. The third-order valence-electron chi connectivity index (χ3n) is 3.01. The van der Waals surface area contributed by atoms with E-state index in [1.54, 1.807) is 29.5 Å². The van der Waals surface area contributed by atoms with Crippen LogP contribution in [0.4, 0.5) is 5.82 Å². The zero-order valence-corrected chi connectivity index (χ0v) is 13.0. The molecule has 3 rings (SSSR count). The van der Waals surface area contributed by atoms with Crippen molar-refractivity contribution in [3.8, 4) is 5.88 Å². The zero-order valence-electron chi connectivity index (χ0n) is 12.3. The summed E-state index contributed by atoms with van der Waals surface area (Å²) in [5, 5.41) is 11.5. The van der Waals surface area contributed by atoms with Gasteiger partial charge in [0.2, 0.25) is 5.88 Å². The molecule has 0 spiro atoms. The topological polar surface area (TPSA) is 77.8 Å². The molecule has 7 nitrogen and oxygen atoms in total. The van der Waals surface area contributed by atoms with Gasteiger partial charge in [-0.15, -0.1) is 5.10 Å². The summed E-state index contributed by atoms with van der Waals surface area (Å²) in [4.78, 5) is 8.47. The lowest BCUT2D eigenvalue weighted by Crippen LogP contribution is -2.12. The van der Waals surface area contributed by atoms with Gasteiger partial charge in [0.25, 0.3) is 0 Å². The van der Waals surface area contributed by atoms with E-state index < -0.39 is 0 Å². The van der Waals surface area contributed by atoms with Crippen molar-refractivity contribution in [2.45, 2.75) is 13.2 Å². The number of nitrogens with one attached hydrogen (secondary N) is 1. The van der Waals surface area contributed by atoms with Crippen LogP contribution in [0.1, 0.15) is 5.56 Å². The third kappa shape index (κ3) is 4.65. The van der Waals surface area contributed by atoms with Gasteiger partial charge < -0.3 is 10.1 Å². The van der Waals surface area contributed by atoms with Crippen LogP contribution >= 0.6 is 11.6 Å². The van der Waals surface area contributed by atoms with Gasteiger partial charge in [-0.3, -0.25) is 9.67 Å².